The molecule has 29 heavy (non-hydrogen) atoms. The highest BCUT2D eigenvalue weighted by molar-refractivity contribution is 9.10. The van der Waals surface area contributed by atoms with Crippen LogP contribution < -0.4 is 4.90 Å². The van der Waals surface area contributed by atoms with Gasteiger partial charge in [-0.25, -0.2) is 19.6 Å². The number of benzene rings is 1. The highest BCUT2D eigenvalue weighted by Crippen LogP contribution is 2.34. The lowest BCUT2D eigenvalue weighted by Crippen LogP contribution is -2.67. The largest absolute Gasteiger partial charge is 0.479 e. The number of carbonyl (C=O) groups is 2. The zero-order valence-electron chi connectivity index (χ0n) is 16.6. The van der Waals surface area contributed by atoms with Gasteiger partial charge in [-0.2, -0.15) is 0 Å². The molecule has 1 fully saturated rings. The molecule has 2 aromatic rings. The number of aromatic nitrogens is 2. The van der Waals surface area contributed by atoms with Crippen molar-refractivity contribution in [2.24, 2.45) is 0 Å². The number of piperazine rings is 1. The quantitative estimate of drug-likeness (QED) is 0.688. The van der Waals surface area contributed by atoms with Gasteiger partial charge in [0.1, 0.15) is 17.7 Å². The first-order valence-corrected chi connectivity index (χ1v) is 10.2. The molecule has 1 aromatic heterocycles. The molecule has 0 spiro atoms. The predicted octanol–water partition coefficient (Wildman–Crippen LogP) is 3.95. The zero-order valence-corrected chi connectivity index (χ0v) is 18.9. The van der Waals surface area contributed by atoms with E-state index in [2.05, 4.69) is 25.9 Å². The molecule has 8 nitrogen and oxygen atoms in total. The van der Waals surface area contributed by atoms with E-state index in [1.165, 1.54) is 18.2 Å². The summed E-state index contributed by atoms with van der Waals surface area (Å²) >= 11 is 9.57. The van der Waals surface area contributed by atoms with E-state index >= 15 is 0 Å². The Morgan fingerprint density at radius 2 is 1.97 bits per heavy atom. The Morgan fingerprint density at radius 1 is 1.28 bits per heavy atom. The molecule has 3 rings (SSSR count). The summed E-state index contributed by atoms with van der Waals surface area (Å²) in [5.74, 6) is -0.528. The van der Waals surface area contributed by atoms with Crippen LogP contribution in [0.3, 0.4) is 0 Å². The molecule has 1 N–H and O–H groups in total. The van der Waals surface area contributed by atoms with Gasteiger partial charge in [0.15, 0.2) is 5.54 Å². The summed E-state index contributed by atoms with van der Waals surface area (Å²) < 4.78 is 6.11. The maximum Gasteiger partial charge on any atom is 0.411 e. The minimum atomic E-state index is -1.48. The van der Waals surface area contributed by atoms with Gasteiger partial charge in [0.05, 0.1) is 17.1 Å². The van der Waals surface area contributed by atoms with E-state index in [1.807, 2.05) is 11.0 Å². The van der Waals surface area contributed by atoms with E-state index < -0.39 is 23.2 Å². The van der Waals surface area contributed by atoms with E-state index in [0.29, 0.717) is 27.4 Å². The monoisotopic (exact) mass is 484 g/mol. The molecule has 0 bridgehead atoms. The van der Waals surface area contributed by atoms with Crippen molar-refractivity contribution < 1.29 is 19.4 Å². The van der Waals surface area contributed by atoms with Crippen LogP contribution in [0.1, 0.15) is 27.7 Å². The molecule has 0 saturated carbocycles. The molecule has 10 heteroatoms. The summed E-state index contributed by atoms with van der Waals surface area (Å²) in [5, 5.41) is 11.2. The number of halogens is 2. The maximum atomic E-state index is 12.6. The van der Waals surface area contributed by atoms with Crippen molar-refractivity contribution in [2.75, 3.05) is 24.5 Å². The highest BCUT2D eigenvalue weighted by atomic mass is 79.9. The van der Waals surface area contributed by atoms with Gasteiger partial charge in [0.25, 0.3) is 0 Å². The lowest BCUT2D eigenvalue weighted by Gasteiger charge is -2.46. The third-order valence-electron chi connectivity index (χ3n) is 4.72. The number of rotatable bonds is 2. The van der Waals surface area contributed by atoms with Crippen molar-refractivity contribution in [3.63, 3.8) is 0 Å². The third-order valence-corrected chi connectivity index (χ3v) is 5.92. The summed E-state index contributed by atoms with van der Waals surface area (Å²) in [6.07, 6.45) is 0.768. The molecular formula is C19H22BrClN4O4. The molecule has 1 atom stereocenters. The van der Waals surface area contributed by atoms with E-state index in [-0.39, 0.29) is 13.1 Å². The van der Waals surface area contributed by atoms with Gasteiger partial charge in [0, 0.05) is 22.9 Å². The number of aliphatic carboxylic acids is 1. The Morgan fingerprint density at radius 3 is 2.59 bits per heavy atom. The lowest BCUT2D eigenvalue weighted by molar-refractivity contribution is -0.150. The summed E-state index contributed by atoms with van der Waals surface area (Å²) in [6, 6.07) is 3.53. The Kier molecular flexibility index (Phi) is 5.66. The number of anilines is 1. The van der Waals surface area contributed by atoms with Gasteiger partial charge in [-0.05, 0) is 55.8 Å². The lowest BCUT2D eigenvalue weighted by atomic mass is 9.96. The van der Waals surface area contributed by atoms with E-state index in [1.54, 1.807) is 26.8 Å². The number of amides is 1. The van der Waals surface area contributed by atoms with Gasteiger partial charge in [-0.15, -0.1) is 0 Å². The Balaban J connectivity index is 1.98. The summed E-state index contributed by atoms with van der Waals surface area (Å²) in [6.45, 7) is 7.38. The summed E-state index contributed by atoms with van der Waals surface area (Å²) in [5.41, 5.74) is -1.56. The number of nitrogens with zero attached hydrogens (tertiary/aromatic N) is 4. The Hall–Kier alpha value is -2.13. The van der Waals surface area contributed by atoms with Crippen LogP contribution in [0.5, 0.6) is 0 Å². The number of carboxylic acids is 1. The average molecular weight is 486 g/mol. The van der Waals surface area contributed by atoms with Gasteiger partial charge >= 0.3 is 12.1 Å². The topological polar surface area (TPSA) is 95.9 Å². The minimum Gasteiger partial charge on any atom is -0.479 e. The van der Waals surface area contributed by atoms with Crippen molar-refractivity contribution in [2.45, 2.75) is 38.8 Å². The number of carboxylic acid groups (broad SMARTS) is 1. The summed E-state index contributed by atoms with van der Waals surface area (Å²) in [7, 11) is 0. The number of hydrogen-bond acceptors (Lipinski definition) is 6. The molecule has 1 unspecified atom stereocenters. The highest BCUT2D eigenvalue weighted by Gasteiger charge is 2.48. The summed E-state index contributed by atoms with van der Waals surface area (Å²) in [4.78, 5) is 36.6. The standard InChI is InChI=1S/C19H22BrClN4O4/c1-18(2,3)29-17(28)25-6-5-24(9-19(25,4)16(26)27)15-11-7-12(20)13(21)8-14(11)22-10-23-15/h7-8,10H,5-6,9H2,1-4H3,(H,26,27). The number of ether oxygens (including phenoxy) is 1. The van der Waals surface area contributed by atoms with Crippen molar-refractivity contribution in [1.82, 2.24) is 14.9 Å². The SMILES string of the molecule is CC(C)(C)OC(=O)N1CCN(c2ncnc3cc(Cl)c(Br)cc23)CC1(C)C(=O)O. The van der Waals surface area contributed by atoms with Crippen molar-refractivity contribution in [3.8, 4) is 0 Å². The third kappa shape index (κ3) is 4.25. The van der Waals surface area contributed by atoms with Crippen molar-refractivity contribution in [1.29, 1.82) is 0 Å². The molecule has 0 aliphatic carbocycles. The zero-order chi connectivity index (χ0) is 21.6. The number of carbonyl (C=O) groups excluding carboxylic acids is 1. The van der Waals surface area contributed by atoms with Crippen LogP contribution in [0.25, 0.3) is 10.9 Å². The van der Waals surface area contributed by atoms with Gasteiger partial charge in [-0.3, -0.25) is 4.90 Å². The molecule has 1 aliphatic heterocycles. The number of hydrogen-bond donors (Lipinski definition) is 1. The molecule has 156 valence electrons. The second-order valence-corrected chi connectivity index (χ2v) is 9.37. The fourth-order valence-electron chi connectivity index (χ4n) is 3.27. The van der Waals surface area contributed by atoms with Gasteiger partial charge in [-0.1, -0.05) is 11.6 Å². The second-order valence-electron chi connectivity index (χ2n) is 8.11. The van der Waals surface area contributed by atoms with Crippen molar-refractivity contribution >= 4 is 56.3 Å². The fraction of sp³-hybridized carbons (Fsp3) is 0.474. The first-order chi connectivity index (χ1) is 13.4. The average Bonchev–Trinajstić information content (AvgIpc) is 2.60. The van der Waals surface area contributed by atoms with Crippen LogP contribution >= 0.6 is 27.5 Å². The Labute approximate surface area is 181 Å². The molecule has 0 radical (unpaired) electrons. The molecular weight excluding hydrogens is 464 g/mol. The maximum absolute atomic E-state index is 12.6. The van der Waals surface area contributed by atoms with Gasteiger partial charge < -0.3 is 14.7 Å². The van der Waals surface area contributed by atoms with E-state index in [9.17, 15) is 14.7 Å². The van der Waals surface area contributed by atoms with E-state index in [4.69, 9.17) is 16.3 Å². The van der Waals surface area contributed by atoms with Crippen LogP contribution in [0.15, 0.2) is 22.9 Å². The minimum absolute atomic E-state index is 0.0495. The predicted molar refractivity (Wildman–Crippen MR) is 113 cm³/mol. The first-order valence-electron chi connectivity index (χ1n) is 9.01. The Bertz CT molecular complexity index is 981. The smallest absolute Gasteiger partial charge is 0.411 e. The molecule has 1 aliphatic rings. The molecule has 1 amide bonds. The first kappa shape index (κ1) is 21.6. The second kappa shape index (κ2) is 7.60. The molecule has 1 saturated heterocycles. The van der Waals surface area contributed by atoms with Crippen LogP contribution in [0.4, 0.5) is 10.6 Å². The van der Waals surface area contributed by atoms with Crippen molar-refractivity contribution in [3.05, 3.63) is 28.0 Å². The van der Waals surface area contributed by atoms with Crippen LogP contribution in [-0.4, -0.2) is 62.8 Å². The fourth-order valence-corrected chi connectivity index (χ4v) is 3.77. The van der Waals surface area contributed by atoms with Gasteiger partial charge in [0.2, 0.25) is 0 Å². The van der Waals surface area contributed by atoms with Crippen LogP contribution in [0, 0.1) is 0 Å². The normalized spacial score (nSPS) is 20.1. The molecule has 2 heterocycles. The van der Waals surface area contributed by atoms with Crippen LogP contribution in [0.2, 0.25) is 5.02 Å². The number of fused-ring (bicyclic) bond motifs is 1. The van der Waals surface area contributed by atoms with E-state index in [0.717, 1.165) is 5.39 Å². The van der Waals surface area contributed by atoms with Crippen LogP contribution in [-0.2, 0) is 9.53 Å². The molecule has 1 aromatic carbocycles.